The van der Waals surface area contributed by atoms with Crippen LogP contribution >= 0.6 is 0 Å². The summed E-state index contributed by atoms with van der Waals surface area (Å²) in [4.78, 5) is 43.5. The van der Waals surface area contributed by atoms with Crippen molar-refractivity contribution in [2.24, 2.45) is 0 Å². The molecule has 0 amide bonds. The Morgan fingerprint density at radius 1 is 0.474 bits per heavy atom. The third-order valence-corrected chi connectivity index (χ3v) is 4.60. The maximum atomic E-state index is 11.3. The van der Waals surface area contributed by atoms with Gasteiger partial charge in [0.2, 0.25) is 0 Å². The Morgan fingerprint density at radius 2 is 0.816 bits per heavy atom. The number of carbonyl (C=O) groups is 1. The van der Waals surface area contributed by atoms with Gasteiger partial charge in [0.25, 0.3) is 0 Å². The van der Waals surface area contributed by atoms with E-state index in [1.54, 1.807) is 24.3 Å². The van der Waals surface area contributed by atoms with Crippen molar-refractivity contribution in [3.63, 3.8) is 0 Å². The molecule has 0 heterocycles. The minimum Gasteiger partial charge on any atom is -0.292 e. The number of benzene rings is 2. The minimum absolute atomic E-state index is 0.381. The van der Waals surface area contributed by atoms with E-state index >= 15 is 0 Å². The Hall–Kier alpha value is -2.29. The van der Waals surface area contributed by atoms with Crippen LogP contribution in [0.1, 0.15) is 111 Å². The van der Waals surface area contributed by atoms with Gasteiger partial charge >= 0.3 is 5.97 Å². The second-order valence-electron chi connectivity index (χ2n) is 13.1. The topological polar surface area (TPSA) is 72.5 Å². The molecule has 0 aliphatic carbocycles. The summed E-state index contributed by atoms with van der Waals surface area (Å²) >= 11 is 0. The number of rotatable bonds is 8. The quantitative estimate of drug-likeness (QED) is 0.250. The third-order valence-electron chi connectivity index (χ3n) is 4.60. The van der Waals surface area contributed by atoms with Crippen LogP contribution in [0.15, 0.2) is 54.6 Å². The molecule has 2 rings (SSSR count). The van der Waals surface area contributed by atoms with Crippen molar-refractivity contribution in [1.82, 2.24) is 0 Å². The van der Waals surface area contributed by atoms with Crippen molar-refractivity contribution in [2.45, 2.75) is 118 Å². The highest BCUT2D eigenvalue weighted by atomic mass is 17.2. The van der Waals surface area contributed by atoms with Gasteiger partial charge in [-0.05, 0) is 113 Å². The molecule has 0 saturated heterocycles. The summed E-state index contributed by atoms with van der Waals surface area (Å²) in [7, 11) is 0. The van der Waals surface area contributed by atoms with Gasteiger partial charge in [0.1, 0.15) is 16.8 Å². The van der Waals surface area contributed by atoms with Crippen molar-refractivity contribution < 1.29 is 34.1 Å². The molecule has 38 heavy (non-hydrogen) atoms. The monoisotopic (exact) mass is 532 g/mol. The highest BCUT2D eigenvalue weighted by Crippen LogP contribution is 2.37. The van der Waals surface area contributed by atoms with Crippen LogP contribution in [-0.2, 0) is 40.5 Å². The molecule has 0 fully saturated rings. The van der Waals surface area contributed by atoms with Gasteiger partial charge in [-0.3, -0.25) is 4.89 Å². The Kier molecular flexibility index (Phi) is 11.7. The first kappa shape index (κ1) is 33.7. The summed E-state index contributed by atoms with van der Waals surface area (Å²) in [6.45, 7) is 25.1. The molecule has 0 saturated carbocycles. The number of hydrogen-bond acceptors (Lipinski definition) is 7. The largest absolute Gasteiger partial charge is 0.373 e. The van der Waals surface area contributed by atoms with E-state index in [1.165, 1.54) is 0 Å². The molecule has 0 aromatic heterocycles. The van der Waals surface area contributed by atoms with Gasteiger partial charge in [-0.1, -0.05) is 42.5 Å². The Morgan fingerprint density at radius 3 is 1.16 bits per heavy atom. The van der Waals surface area contributed by atoms with Crippen LogP contribution in [0, 0.1) is 0 Å². The van der Waals surface area contributed by atoms with Gasteiger partial charge in [0, 0.05) is 0 Å². The van der Waals surface area contributed by atoms with Crippen LogP contribution < -0.4 is 0 Å². The van der Waals surface area contributed by atoms with E-state index < -0.39 is 22.8 Å². The molecule has 0 aliphatic rings. The summed E-state index contributed by atoms with van der Waals surface area (Å²) in [5.41, 5.74) is -0.0328. The molecule has 0 atom stereocenters. The van der Waals surface area contributed by atoms with Crippen LogP contribution in [0.5, 0.6) is 0 Å². The minimum atomic E-state index is -0.633. The fraction of sp³-hybridized carbons (Fsp3) is 0.581. The first-order valence-corrected chi connectivity index (χ1v) is 12.9. The molecule has 2 aromatic rings. The second-order valence-corrected chi connectivity index (χ2v) is 13.1. The zero-order chi connectivity index (χ0) is 29.4. The lowest BCUT2D eigenvalue weighted by molar-refractivity contribution is -0.407. The highest BCUT2D eigenvalue weighted by Gasteiger charge is 2.35. The Labute approximate surface area is 229 Å². The van der Waals surface area contributed by atoms with Gasteiger partial charge < -0.3 is 0 Å². The summed E-state index contributed by atoms with van der Waals surface area (Å²) in [5, 5.41) is 0. The SMILES string of the molecule is CC(C)(C)OOC(=O)c1ccccc1.CC(C)(C)OOC(C)(C)c1ccccc1C(C)(C)OOC(C)(C)C. The molecular weight excluding hydrogens is 484 g/mol. The predicted octanol–water partition coefficient (Wildman–Crippen LogP) is 8.22. The molecule has 0 N–H and O–H groups in total. The predicted molar refractivity (Wildman–Crippen MR) is 149 cm³/mol. The molecule has 7 nitrogen and oxygen atoms in total. The first-order chi connectivity index (χ1) is 17.1. The molecule has 0 bridgehead atoms. The van der Waals surface area contributed by atoms with Crippen LogP contribution in [0.3, 0.4) is 0 Å². The first-order valence-electron chi connectivity index (χ1n) is 12.9. The van der Waals surface area contributed by atoms with E-state index in [9.17, 15) is 4.79 Å². The van der Waals surface area contributed by atoms with Gasteiger partial charge in [0.05, 0.1) is 16.8 Å². The van der Waals surface area contributed by atoms with E-state index in [2.05, 4.69) is 4.89 Å². The second kappa shape index (κ2) is 13.2. The van der Waals surface area contributed by atoms with Crippen LogP contribution in [0.4, 0.5) is 0 Å². The maximum Gasteiger partial charge on any atom is 0.373 e. The lowest BCUT2D eigenvalue weighted by atomic mass is 9.85. The average molecular weight is 533 g/mol. The molecule has 0 radical (unpaired) electrons. The van der Waals surface area contributed by atoms with E-state index in [4.69, 9.17) is 24.4 Å². The number of carbonyl (C=O) groups excluding carboxylic acids is 1. The highest BCUT2D eigenvalue weighted by molar-refractivity contribution is 5.88. The molecule has 0 aliphatic heterocycles. The van der Waals surface area contributed by atoms with Gasteiger partial charge in [-0.25, -0.2) is 24.3 Å². The van der Waals surface area contributed by atoms with Gasteiger partial charge in [-0.15, -0.1) is 0 Å². The molecule has 0 spiro atoms. The normalized spacial score (nSPS) is 13.0. The fourth-order valence-electron chi connectivity index (χ4n) is 2.87. The molecule has 2 aromatic carbocycles. The standard InChI is InChI=1S/C20H34O4.C11H14O3/c1-17(2,3)21-23-19(7,8)15-13-11-12-14-16(15)20(9,10)24-22-18(4,5)6;1-11(2,3)14-13-10(12)9-7-5-4-6-8-9/h11-14H,1-10H3;4-8H,1-3H3. The van der Waals surface area contributed by atoms with Crippen molar-refractivity contribution in [1.29, 1.82) is 0 Å². The van der Waals surface area contributed by atoms with Crippen molar-refractivity contribution in [3.05, 3.63) is 71.3 Å². The van der Waals surface area contributed by atoms with E-state index in [1.807, 2.05) is 120 Å². The van der Waals surface area contributed by atoms with Crippen molar-refractivity contribution in [3.8, 4) is 0 Å². The zero-order valence-corrected chi connectivity index (χ0v) is 25.6. The Balaban J connectivity index is 0.000000437. The van der Waals surface area contributed by atoms with E-state index in [0.29, 0.717) is 5.56 Å². The molecule has 0 unspecified atom stereocenters. The molecule has 214 valence electrons. The van der Waals surface area contributed by atoms with Crippen LogP contribution in [0.2, 0.25) is 0 Å². The lowest BCUT2D eigenvalue weighted by Crippen LogP contribution is -2.34. The zero-order valence-electron chi connectivity index (χ0n) is 25.6. The van der Waals surface area contributed by atoms with E-state index in [-0.39, 0.29) is 11.2 Å². The van der Waals surface area contributed by atoms with Crippen molar-refractivity contribution in [2.75, 3.05) is 0 Å². The molecular formula is C31H48O7. The lowest BCUT2D eigenvalue weighted by Gasteiger charge is -2.35. The van der Waals surface area contributed by atoms with Crippen LogP contribution in [0.25, 0.3) is 0 Å². The summed E-state index contributed by atoms with van der Waals surface area (Å²) < 4.78 is 0. The van der Waals surface area contributed by atoms with Gasteiger partial charge in [-0.2, -0.15) is 4.89 Å². The average Bonchev–Trinajstić information content (AvgIpc) is 2.80. The summed E-state index contributed by atoms with van der Waals surface area (Å²) in [6.07, 6.45) is 0. The third kappa shape index (κ3) is 13.0. The van der Waals surface area contributed by atoms with E-state index in [0.717, 1.165) is 11.1 Å². The van der Waals surface area contributed by atoms with Gasteiger partial charge in [0.15, 0.2) is 0 Å². The summed E-state index contributed by atoms with van der Waals surface area (Å²) in [6, 6.07) is 16.8. The number of hydrogen-bond donors (Lipinski definition) is 0. The molecule has 7 heteroatoms. The smallest absolute Gasteiger partial charge is 0.292 e. The summed E-state index contributed by atoms with van der Waals surface area (Å²) in [5.74, 6) is -0.472. The Bertz CT molecular complexity index is 942. The van der Waals surface area contributed by atoms with Crippen molar-refractivity contribution >= 4 is 5.97 Å². The maximum absolute atomic E-state index is 11.3. The fourth-order valence-corrected chi connectivity index (χ4v) is 2.87. The van der Waals surface area contributed by atoms with Crippen LogP contribution in [-0.4, -0.2) is 22.8 Å².